The van der Waals surface area contributed by atoms with E-state index in [2.05, 4.69) is 36.1 Å². The Balaban J connectivity index is 1.68. The number of hydrogen-bond donors (Lipinski definition) is 1. The van der Waals surface area contributed by atoms with Gasteiger partial charge in [-0.25, -0.2) is 14.4 Å². The lowest BCUT2D eigenvalue weighted by Crippen LogP contribution is -2.22. The van der Waals surface area contributed by atoms with Gasteiger partial charge in [-0.2, -0.15) is 0 Å². The Hall–Kier alpha value is -2.54. The lowest BCUT2D eigenvalue weighted by Gasteiger charge is -2.13. The molecule has 3 rings (SSSR count). The topological polar surface area (TPSA) is 59.8 Å². The highest BCUT2D eigenvalue weighted by Gasteiger charge is 2.20. The van der Waals surface area contributed by atoms with Gasteiger partial charge in [0, 0.05) is 24.4 Å². The third-order valence-corrected chi connectivity index (χ3v) is 5.34. The molecule has 1 amide bonds. The fourth-order valence-electron chi connectivity index (χ4n) is 2.48. The SMILES string of the molecule is Cc1nccn1-c1ccc(CNC(=O)c2cnc(C(C)(C)C)s2)cc1F. The van der Waals surface area contributed by atoms with Crippen LogP contribution in [0.3, 0.4) is 0 Å². The molecule has 136 valence electrons. The molecule has 3 aromatic rings. The largest absolute Gasteiger partial charge is 0.347 e. The van der Waals surface area contributed by atoms with Gasteiger partial charge in [0.05, 0.1) is 16.9 Å². The highest BCUT2D eigenvalue weighted by Crippen LogP contribution is 2.26. The second-order valence-corrected chi connectivity index (χ2v) is 8.12. The Morgan fingerprint density at radius 1 is 1.31 bits per heavy atom. The van der Waals surface area contributed by atoms with Crippen molar-refractivity contribution in [3.63, 3.8) is 0 Å². The second-order valence-electron chi connectivity index (χ2n) is 7.09. The third kappa shape index (κ3) is 3.83. The summed E-state index contributed by atoms with van der Waals surface area (Å²) in [7, 11) is 0. The highest BCUT2D eigenvalue weighted by atomic mass is 32.1. The highest BCUT2D eigenvalue weighted by molar-refractivity contribution is 7.13. The van der Waals surface area contributed by atoms with Crippen molar-refractivity contribution in [2.45, 2.75) is 39.7 Å². The van der Waals surface area contributed by atoms with Crippen molar-refractivity contribution in [2.75, 3.05) is 0 Å². The van der Waals surface area contributed by atoms with Crippen LogP contribution in [-0.2, 0) is 12.0 Å². The number of rotatable bonds is 4. The van der Waals surface area contributed by atoms with E-state index in [1.165, 1.54) is 17.4 Å². The van der Waals surface area contributed by atoms with Crippen molar-refractivity contribution in [2.24, 2.45) is 0 Å². The van der Waals surface area contributed by atoms with Crippen LogP contribution < -0.4 is 5.32 Å². The van der Waals surface area contributed by atoms with E-state index in [4.69, 9.17) is 0 Å². The molecule has 0 saturated carbocycles. The van der Waals surface area contributed by atoms with E-state index in [9.17, 15) is 9.18 Å². The van der Waals surface area contributed by atoms with Crippen LogP contribution in [-0.4, -0.2) is 20.4 Å². The zero-order valence-corrected chi connectivity index (χ0v) is 16.0. The lowest BCUT2D eigenvalue weighted by atomic mass is 9.98. The molecule has 0 aliphatic rings. The molecule has 26 heavy (non-hydrogen) atoms. The molecule has 0 saturated heterocycles. The quantitative estimate of drug-likeness (QED) is 0.753. The second kappa shape index (κ2) is 6.99. The average Bonchev–Trinajstić information content (AvgIpc) is 3.22. The standard InChI is InChI=1S/C19H21FN4OS/c1-12-21-7-8-24(12)15-6-5-13(9-14(15)20)10-22-17(25)16-11-23-18(26-16)19(2,3)4/h5-9,11H,10H2,1-4H3,(H,22,25). The van der Waals surface area contributed by atoms with Crippen molar-refractivity contribution >= 4 is 17.2 Å². The number of benzene rings is 1. The molecule has 0 fully saturated rings. The van der Waals surface area contributed by atoms with Gasteiger partial charge < -0.3 is 9.88 Å². The zero-order valence-electron chi connectivity index (χ0n) is 15.2. The molecule has 7 heteroatoms. The Kier molecular flexibility index (Phi) is 4.91. The molecular weight excluding hydrogens is 351 g/mol. The minimum absolute atomic E-state index is 0.0897. The first kappa shape index (κ1) is 18.3. The van der Waals surface area contributed by atoms with Gasteiger partial charge in [-0.3, -0.25) is 4.79 Å². The van der Waals surface area contributed by atoms with Crippen LogP contribution in [0.2, 0.25) is 0 Å². The maximum Gasteiger partial charge on any atom is 0.263 e. The van der Waals surface area contributed by atoms with Crippen LogP contribution in [0, 0.1) is 12.7 Å². The molecule has 0 aliphatic carbocycles. The van der Waals surface area contributed by atoms with E-state index in [0.717, 1.165) is 5.01 Å². The van der Waals surface area contributed by atoms with Gasteiger partial charge in [0.15, 0.2) is 0 Å². The number of nitrogens with zero attached hydrogens (tertiary/aromatic N) is 3. The summed E-state index contributed by atoms with van der Waals surface area (Å²) in [6.45, 7) is 8.23. The summed E-state index contributed by atoms with van der Waals surface area (Å²) in [6.07, 6.45) is 4.93. The summed E-state index contributed by atoms with van der Waals surface area (Å²) >= 11 is 1.38. The summed E-state index contributed by atoms with van der Waals surface area (Å²) in [4.78, 5) is 21.3. The van der Waals surface area contributed by atoms with E-state index in [-0.39, 0.29) is 23.7 Å². The normalized spacial score (nSPS) is 11.6. The van der Waals surface area contributed by atoms with E-state index in [1.54, 1.807) is 35.3 Å². The number of hydrogen-bond acceptors (Lipinski definition) is 4. The molecule has 0 unspecified atom stereocenters. The first-order valence-electron chi connectivity index (χ1n) is 8.29. The molecule has 0 aliphatic heterocycles. The number of aromatic nitrogens is 3. The number of halogens is 1. The number of carbonyl (C=O) groups excluding carboxylic acids is 1. The number of nitrogens with one attached hydrogen (secondary N) is 1. The van der Waals surface area contributed by atoms with Crippen LogP contribution in [0.25, 0.3) is 5.69 Å². The van der Waals surface area contributed by atoms with E-state index < -0.39 is 0 Å². The maximum atomic E-state index is 14.4. The first-order valence-corrected chi connectivity index (χ1v) is 9.10. The van der Waals surface area contributed by atoms with Crippen LogP contribution in [0.15, 0.2) is 36.8 Å². The van der Waals surface area contributed by atoms with Crippen LogP contribution >= 0.6 is 11.3 Å². The van der Waals surface area contributed by atoms with E-state index in [1.807, 2.05) is 6.92 Å². The molecule has 1 N–H and O–H groups in total. The van der Waals surface area contributed by atoms with Crippen molar-refractivity contribution in [1.82, 2.24) is 19.9 Å². The fourth-order valence-corrected chi connectivity index (χ4v) is 3.37. The van der Waals surface area contributed by atoms with Crippen molar-refractivity contribution < 1.29 is 9.18 Å². The van der Waals surface area contributed by atoms with Gasteiger partial charge in [0.2, 0.25) is 0 Å². The first-order chi connectivity index (χ1) is 12.3. The van der Waals surface area contributed by atoms with Gasteiger partial charge in [-0.1, -0.05) is 26.8 Å². The molecule has 0 atom stereocenters. The molecule has 0 radical (unpaired) electrons. The minimum atomic E-state index is -0.356. The van der Waals surface area contributed by atoms with Crippen LogP contribution in [0.4, 0.5) is 4.39 Å². The smallest absolute Gasteiger partial charge is 0.263 e. The van der Waals surface area contributed by atoms with Crippen LogP contribution in [0.1, 0.15) is 46.8 Å². The Labute approximate surface area is 155 Å². The predicted octanol–water partition coefficient (Wildman–Crippen LogP) is 4.00. The number of thiazole rings is 1. The predicted molar refractivity (Wildman–Crippen MR) is 100 cm³/mol. The van der Waals surface area contributed by atoms with Crippen molar-refractivity contribution in [3.05, 3.63) is 63.9 Å². The molecule has 2 aromatic heterocycles. The summed E-state index contributed by atoms with van der Waals surface area (Å²) in [5.41, 5.74) is 1.04. The fraction of sp³-hybridized carbons (Fsp3) is 0.316. The van der Waals surface area contributed by atoms with Gasteiger partial charge in [-0.15, -0.1) is 11.3 Å². The number of carbonyl (C=O) groups is 1. The van der Waals surface area contributed by atoms with Gasteiger partial charge in [0.25, 0.3) is 5.91 Å². The number of imidazole rings is 1. The average molecular weight is 372 g/mol. The summed E-state index contributed by atoms with van der Waals surface area (Å²) in [5, 5.41) is 3.73. The zero-order chi connectivity index (χ0) is 18.9. The van der Waals surface area contributed by atoms with E-state index in [0.29, 0.717) is 22.0 Å². The number of aryl methyl sites for hydroxylation is 1. The molecule has 0 bridgehead atoms. The summed E-state index contributed by atoms with van der Waals surface area (Å²) < 4.78 is 16.1. The van der Waals surface area contributed by atoms with E-state index >= 15 is 0 Å². The van der Waals surface area contributed by atoms with Gasteiger partial charge in [-0.05, 0) is 24.6 Å². The molecule has 1 aromatic carbocycles. The Morgan fingerprint density at radius 2 is 2.08 bits per heavy atom. The molecule has 0 spiro atoms. The Morgan fingerprint density at radius 3 is 2.65 bits per heavy atom. The monoisotopic (exact) mass is 372 g/mol. The van der Waals surface area contributed by atoms with Crippen molar-refractivity contribution in [1.29, 1.82) is 0 Å². The Bertz CT molecular complexity index is 939. The maximum absolute atomic E-state index is 14.4. The minimum Gasteiger partial charge on any atom is -0.347 e. The molecular formula is C19H21FN4OS. The molecule has 5 nitrogen and oxygen atoms in total. The lowest BCUT2D eigenvalue weighted by molar-refractivity contribution is 0.0954. The summed E-state index contributed by atoms with van der Waals surface area (Å²) in [5.74, 6) is 0.156. The molecule has 2 heterocycles. The third-order valence-electron chi connectivity index (χ3n) is 3.92. The van der Waals surface area contributed by atoms with Crippen LogP contribution in [0.5, 0.6) is 0 Å². The van der Waals surface area contributed by atoms with Gasteiger partial charge >= 0.3 is 0 Å². The van der Waals surface area contributed by atoms with Crippen molar-refractivity contribution in [3.8, 4) is 5.69 Å². The number of amides is 1. The van der Waals surface area contributed by atoms with Gasteiger partial charge in [0.1, 0.15) is 16.5 Å². The summed E-state index contributed by atoms with van der Waals surface area (Å²) in [6, 6.07) is 4.92.